The summed E-state index contributed by atoms with van der Waals surface area (Å²) in [5, 5.41) is 3.61. The summed E-state index contributed by atoms with van der Waals surface area (Å²) in [6.45, 7) is 15.2. The van der Waals surface area contributed by atoms with Crippen LogP contribution in [0, 0.1) is 13.8 Å². The van der Waals surface area contributed by atoms with Crippen molar-refractivity contribution < 1.29 is 9.53 Å². The number of nitrogens with zero attached hydrogens (tertiary/aromatic N) is 1. The van der Waals surface area contributed by atoms with E-state index >= 15 is 0 Å². The van der Waals surface area contributed by atoms with Gasteiger partial charge in [0.05, 0.1) is 0 Å². The third kappa shape index (κ3) is 9.03. The van der Waals surface area contributed by atoms with Crippen molar-refractivity contribution in [3.8, 4) is 0 Å². The molecule has 192 valence electrons. The number of benzene rings is 3. The van der Waals surface area contributed by atoms with Crippen molar-refractivity contribution in [1.29, 1.82) is 0 Å². The molecule has 0 unspecified atom stereocenters. The molecule has 0 aromatic heterocycles. The van der Waals surface area contributed by atoms with Gasteiger partial charge in [0.15, 0.2) is 0 Å². The Bertz CT molecular complexity index is 1070. The molecule has 0 aliphatic rings. The summed E-state index contributed by atoms with van der Waals surface area (Å²) in [6, 6.07) is 24.3. The molecule has 0 fully saturated rings. The van der Waals surface area contributed by atoms with Crippen LogP contribution in [0.5, 0.6) is 0 Å². The summed E-state index contributed by atoms with van der Waals surface area (Å²) < 4.78 is 4.81. The molecule has 0 amide bonds. The topological polar surface area (TPSA) is 41.6 Å². The molecule has 0 radical (unpaired) electrons. The minimum atomic E-state index is 0.186. The third-order valence-corrected chi connectivity index (χ3v) is 7.01. The van der Waals surface area contributed by atoms with Crippen LogP contribution in [-0.4, -0.2) is 25.5 Å². The van der Waals surface area contributed by atoms with E-state index in [4.69, 9.17) is 4.74 Å². The Kier molecular flexibility index (Phi) is 10.4. The van der Waals surface area contributed by atoms with E-state index in [1.54, 1.807) is 0 Å². The molecule has 0 saturated carbocycles. The molecule has 0 spiro atoms. The number of nitrogens with one attached hydrogen (secondary N) is 1. The monoisotopic (exact) mass is 504 g/mol. The van der Waals surface area contributed by atoms with Gasteiger partial charge in [0.1, 0.15) is 5.94 Å². The van der Waals surface area contributed by atoms with Crippen molar-refractivity contribution in [3.05, 3.63) is 94.5 Å². The maximum absolute atomic E-state index is 10.4. The number of carbonyl (C=O) groups excluding carboxylic acids is 1. The molecule has 1 N–H and O–H groups in total. The second-order valence-corrected chi connectivity index (χ2v) is 11.4. The van der Waals surface area contributed by atoms with Crippen molar-refractivity contribution >= 4 is 23.9 Å². The van der Waals surface area contributed by atoms with Crippen LogP contribution in [0.15, 0.2) is 71.6 Å². The molecule has 0 heterocycles. The number of aryl methyl sites for hydroxylation is 2. The van der Waals surface area contributed by atoms with Gasteiger partial charge in [-0.05, 0) is 73.2 Å². The minimum Gasteiger partial charge on any atom is -0.456 e. The van der Waals surface area contributed by atoms with E-state index in [1.807, 2.05) is 0 Å². The van der Waals surface area contributed by atoms with Crippen LogP contribution in [-0.2, 0) is 28.0 Å². The first kappa shape index (κ1) is 27.8. The maximum atomic E-state index is 10.4. The van der Waals surface area contributed by atoms with Gasteiger partial charge in [0, 0.05) is 30.2 Å². The highest BCUT2D eigenvalue weighted by Gasteiger charge is 2.13. The zero-order valence-corrected chi connectivity index (χ0v) is 23.2. The van der Waals surface area contributed by atoms with Crippen molar-refractivity contribution in [1.82, 2.24) is 5.32 Å². The Morgan fingerprint density at radius 2 is 1.58 bits per heavy atom. The van der Waals surface area contributed by atoms with Crippen LogP contribution in [0.1, 0.15) is 55.0 Å². The summed E-state index contributed by atoms with van der Waals surface area (Å²) in [4.78, 5) is 13.9. The van der Waals surface area contributed by atoms with E-state index < -0.39 is 0 Å². The molecule has 36 heavy (non-hydrogen) atoms. The number of rotatable bonds is 13. The molecule has 0 atom stereocenters. The van der Waals surface area contributed by atoms with Gasteiger partial charge in [-0.2, -0.15) is 0 Å². The summed E-state index contributed by atoms with van der Waals surface area (Å²) in [7, 11) is 0. The fourth-order valence-corrected chi connectivity index (χ4v) is 4.90. The van der Waals surface area contributed by atoms with Crippen molar-refractivity contribution in [2.24, 2.45) is 0 Å². The number of anilines is 1. The van der Waals surface area contributed by atoms with Crippen LogP contribution in [0.3, 0.4) is 0 Å². The molecule has 0 aliphatic carbocycles. The third-order valence-electron chi connectivity index (χ3n) is 6.15. The van der Waals surface area contributed by atoms with E-state index in [1.165, 1.54) is 45.3 Å². The maximum Gasteiger partial charge on any atom is 0.293 e. The van der Waals surface area contributed by atoms with Gasteiger partial charge >= 0.3 is 0 Å². The largest absolute Gasteiger partial charge is 0.456 e. The highest BCUT2D eigenvalue weighted by Crippen LogP contribution is 2.25. The Labute approximate surface area is 221 Å². The molecule has 0 aliphatic heterocycles. The lowest BCUT2D eigenvalue weighted by molar-refractivity contribution is -0.126. The summed E-state index contributed by atoms with van der Waals surface area (Å²) in [6.07, 6.45) is 1.05. The predicted octanol–water partition coefficient (Wildman–Crippen LogP) is 7.01. The molecule has 0 bridgehead atoms. The molecule has 5 heteroatoms. The zero-order valence-electron chi connectivity index (χ0n) is 22.3. The van der Waals surface area contributed by atoms with Crippen molar-refractivity contribution in [2.75, 3.05) is 23.9 Å². The van der Waals surface area contributed by atoms with Crippen LogP contribution in [0.2, 0.25) is 0 Å². The highest BCUT2D eigenvalue weighted by molar-refractivity contribution is 7.99. The number of hydrogen-bond donors (Lipinski definition) is 1. The number of carbonyl (C=O) groups is 1. The summed E-state index contributed by atoms with van der Waals surface area (Å²) >= 11 is 1.52. The van der Waals surface area contributed by atoms with E-state index in [-0.39, 0.29) is 5.41 Å². The van der Waals surface area contributed by atoms with Gasteiger partial charge in [0.25, 0.3) is 6.47 Å². The Balaban J connectivity index is 1.58. The van der Waals surface area contributed by atoms with Gasteiger partial charge < -0.3 is 15.0 Å². The average Bonchev–Trinajstić information content (AvgIpc) is 2.83. The van der Waals surface area contributed by atoms with Gasteiger partial charge in [-0.15, -0.1) is 0 Å². The quantitative estimate of drug-likeness (QED) is 0.117. The van der Waals surface area contributed by atoms with Gasteiger partial charge in [-0.1, -0.05) is 86.1 Å². The van der Waals surface area contributed by atoms with Gasteiger partial charge in [-0.25, -0.2) is 0 Å². The molecule has 3 aromatic carbocycles. The first-order valence-electron chi connectivity index (χ1n) is 12.6. The van der Waals surface area contributed by atoms with E-state index in [0.29, 0.717) is 12.4 Å². The first-order chi connectivity index (χ1) is 17.2. The molecular formula is C31H40N2O2S. The Morgan fingerprint density at radius 3 is 2.19 bits per heavy atom. The van der Waals surface area contributed by atoms with Crippen LogP contribution in [0.25, 0.3) is 0 Å². The predicted molar refractivity (Wildman–Crippen MR) is 153 cm³/mol. The zero-order chi connectivity index (χ0) is 26.0. The molecular weight excluding hydrogens is 464 g/mol. The van der Waals surface area contributed by atoms with Crippen LogP contribution in [0.4, 0.5) is 5.69 Å². The Morgan fingerprint density at radius 1 is 0.917 bits per heavy atom. The van der Waals surface area contributed by atoms with Crippen LogP contribution >= 0.6 is 11.8 Å². The van der Waals surface area contributed by atoms with E-state index in [0.717, 1.165) is 37.5 Å². The first-order valence-corrected chi connectivity index (χ1v) is 13.6. The van der Waals surface area contributed by atoms with Crippen molar-refractivity contribution in [3.63, 3.8) is 0 Å². The standard InChI is InChI=1S/C31H40N2O2S/c1-24-17-25(2)19-27(18-24)21-33(29-11-13-30(14-12-29)36-23-35-22-34)16-6-15-32-20-26-7-9-28(10-8-26)31(3,4)5/h7-14,17-19,22,32H,6,15-16,20-21,23H2,1-5H3. The summed E-state index contributed by atoms with van der Waals surface area (Å²) in [5.74, 6) is 0.333. The summed E-state index contributed by atoms with van der Waals surface area (Å²) in [5.41, 5.74) is 8.00. The lowest BCUT2D eigenvalue weighted by Crippen LogP contribution is -2.27. The molecule has 0 saturated heterocycles. The lowest BCUT2D eigenvalue weighted by Gasteiger charge is -2.26. The average molecular weight is 505 g/mol. The van der Waals surface area contributed by atoms with Gasteiger partial charge in [0.2, 0.25) is 0 Å². The number of thioether (sulfide) groups is 1. The lowest BCUT2D eigenvalue weighted by atomic mass is 9.87. The SMILES string of the molecule is Cc1cc(C)cc(CN(CCCNCc2ccc(C(C)(C)C)cc2)c2ccc(SCOC=O)cc2)c1. The van der Waals surface area contributed by atoms with Gasteiger partial charge in [-0.3, -0.25) is 4.79 Å². The second kappa shape index (κ2) is 13.5. The van der Waals surface area contributed by atoms with Crippen LogP contribution < -0.4 is 10.2 Å². The fraction of sp³-hybridized carbons (Fsp3) is 0.387. The fourth-order valence-electron chi connectivity index (χ4n) is 4.31. The highest BCUT2D eigenvalue weighted by atomic mass is 32.2. The molecule has 3 aromatic rings. The smallest absolute Gasteiger partial charge is 0.293 e. The van der Waals surface area contributed by atoms with Crippen molar-refractivity contribution in [2.45, 2.75) is 64.4 Å². The normalized spacial score (nSPS) is 11.4. The van der Waals surface area contributed by atoms with E-state index in [2.05, 4.69) is 112 Å². The molecule has 3 rings (SSSR count). The number of ether oxygens (including phenoxy) is 1. The van der Waals surface area contributed by atoms with E-state index in [9.17, 15) is 4.79 Å². The molecule has 4 nitrogen and oxygen atoms in total. The second-order valence-electron chi connectivity index (χ2n) is 10.4. The number of hydrogen-bond acceptors (Lipinski definition) is 5. The minimum absolute atomic E-state index is 0.186. The Hall–Kier alpha value is -2.76.